The number of aryl methyl sites for hydroxylation is 1. The number of aliphatic hydroxyl groups excluding tert-OH is 1. The van der Waals surface area contributed by atoms with Crippen molar-refractivity contribution in [2.75, 3.05) is 19.7 Å². The molecule has 1 aromatic carbocycles. The van der Waals surface area contributed by atoms with Gasteiger partial charge in [0.05, 0.1) is 0 Å². The number of rotatable bonds is 4. The van der Waals surface area contributed by atoms with E-state index in [0.717, 1.165) is 19.5 Å². The lowest BCUT2D eigenvalue weighted by molar-refractivity contribution is 0.201. The minimum absolute atomic E-state index is 0.326. The van der Waals surface area contributed by atoms with Gasteiger partial charge in [0.1, 0.15) is 0 Å². The molecular weight excluding hydrogens is 186 g/mol. The summed E-state index contributed by atoms with van der Waals surface area (Å²) in [6.45, 7) is 2.38. The van der Waals surface area contributed by atoms with Crippen LogP contribution < -0.4 is 5.32 Å². The van der Waals surface area contributed by atoms with Crippen LogP contribution >= 0.6 is 0 Å². The largest absolute Gasteiger partial charge is 0.396 e. The Balaban J connectivity index is 1.83. The highest BCUT2D eigenvalue weighted by molar-refractivity contribution is 5.14. The van der Waals surface area contributed by atoms with Crippen LogP contribution in [-0.2, 0) is 6.42 Å². The first-order valence-corrected chi connectivity index (χ1v) is 5.75. The standard InChI is InChI=1S/C13H19NO/c15-10-13-9-14-8-12(13)7-6-11-4-2-1-3-5-11/h1-5,12-15H,6-10H2/t12-,13+/m0/s1. The molecule has 2 nitrogen and oxygen atoms in total. The molecular formula is C13H19NO. The molecule has 0 spiro atoms. The van der Waals surface area contributed by atoms with Gasteiger partial charge in [-0.05, 0) is 36.8 Å². The van der Waals surface area contributed by atoms with Crippen LogP contribution in [0.25, 0.3) is 0 Å². The molecule has 0 radical (unpaired) electrons. The maximum absolute atomic E-state index is 9.19. The average molecular weight is 205 g/mol. The fourth-order valence-electron chi connectivity index (χ4n) is 2.34. The van der Waals surface area contributed by atoms with Crippen LogP contribution in [-0.4, -0.2) is 24.8 Å². The summed E-state index contributed by atoms with van der Waals surface area (Å²) in [7, 11) is 0. The summed E-state index contributed by atoms with van der Waals surface area (Å²) in [4.78, 5) is 0. The van der Waals surface area contributed by atoms with Crippen molar-refractivity contribution in [2.24, 2.45) is 11.8 Å². The van der Waals surface area contributed by atoms with Gasteiger partial charge < -0.3 is 10.4 Å². The van der Waals surface area contributed by atoms with E-state index in [0.29, 0.717) is 18.4 Å². The summed E-state index contributed by atoms with van der Waals surface area (Å²) < 4.78 is 0. The maximum Gasteiger partial charge on any atom is 0.0474 e. The van der Waals surface area contributed by atoms with Crippen molar-refractivity contribution in [3.63, 3.8) is 0 Å². The van der Waals surface area contributed by atoms with E-state index in [-0.39, 0.29) is 0 Å². The smallest absolute Gasteiger partial charge is 0.0474 e. The van der Waals surface area contributed by atoms with Gasteiger partial charge in [-0.2, -0.15) is 0 Å². The van der Waals surface area contributed by atoms with E-state index >= 15 is 0 Å². The molecule has 1 fully saturated rings. The van der Waals surface area contributed by atoms with Gasteiger partial charge in [-0.1, -0.05) is 30.3 Å². The molecule has 15 heavy (non-hydrogen) atoms. The van der Waals surface area contributed by atoms with E-state index in [9.17, 15) is 5.11 Å². The number of hydrogen-bond acceptors (Lipinski definition) is 2. The summed E-state index contributed by atoms with van der Waals surface area (Å²) in [6.07, 6.45) is 2.31. The zero-order valence-electron chi connectivity index (χ0n) is 9.02. The van der Waals surface area contributed by atoms with Gasteiger partial charge >= 0.3 is 0 Å². The maximum atomic E-state index is 9.19. The van der Waals surface area contributed by atoms with Gasteiger partial charge in [0.2, 0.25) is 0 Å². The number of aliphatic hydroxyl groups is 1. The van der Waals surface area contributed by atoms with Crippen LogP contribution in [0.1, 0.15) is 12.0 Å². The molecule has 0 amide bonds. The topological polar surface area (TPSA) is 32.3 Å². The highest BCUT2D eigenvalue weighted by Crippen LogP contribution is 2.21. The zero-order chi connectivity index (χ0) is 10.5. The van der Waals surface area contributed by atoms with Gasteiger partial charge in [0.15, 0.2) is 0 Å². The first kappa shape index (κ1) is 10.7. The highest BCUT2D eigenvalue weighted by Gasteiger charge is 2.25. The third-order valence-electron chi connectivity index (χ3n) is 3.36. The van der Waals surface area contributed by atoms with Gasteiger partial charge in [0, 0.05) is 13.2 Å². The number of hydrogen-bond donors (Lipinski definition) is 2. The Morgan fingerprint density at radius 2 is 1.87 bits per heavy atom. The second-order valence-corrected chi connectivity index (χ2v) is 4.39. The normalized spacial score (nSPS) is 25.7. The van der Waals surface area contributed by atoms with Gasteiger partial charge in [0.25, 0.3) is 0 Å². The third-order valence-corrected chi connectivity index (χ3v) is 3.36. The molecule has 0 aromatic heterocycles. The van der Waals surface area contributed by atoms with Gasteiger partial charge in [-0.25, -0.2) is 0 Å². The highest BCUT2D eigenvalue weighted by atomic mass is 16.3. The van der Waals surface area contributed by atoms with Crippen LogP contribution in [0.15, 0.2) is 30.3 Å². The fourth-order valence-corrected chi connectivity index (χ4v) is 2.34. The van der Waals surface area contributed by atoms with E-state index in [4.69, 9.17) is 0 Å². The van der Waals surface area contributed by atoms with Crippen molar-refractivity contribution in [3.05, 3.63) is 35.9 Å². The molecule has 2 atom stereocenters. The zero-order valence-corrected chi connectivity index (χ0v) is 9.02. The molecule has 0 saturated carbocycles. The molecule has 1 aliphatic rings. The molecule has 2 N–H and O–H groups in total. The predicted octanol–water partition coefficient (Wildman–Crippen LogP) is 1.45. The summed E-state index contributed by atoms with van der Waals surface area (Å²) >= 11 is 0. The predicted molar refractivity (Wildman–Crippen MR) is 61.7 cm³/mol. The third kappa shape index (κ3) is 2.80. The van der Waals surface area contributed by atoms with E-state index in [1.54, 1.807) is 0 Å². The van der Waals surface area contributed by atoms with Crippen molar-refractivity contribution in [2.45, 2.75) is 12.8 Å². The number of nitrogens with one attached hydrogen (secondary N) is 1. The molecule has 1 saturated heterocycles. The Morgan fingerprint density at radius 3 is 2.60 bits per heavy atom. The van der Waals surface area contributed by atoms with E-state index in [1.807, 2.05) is 0 Å². The molecule has 0 aliphatic carbocycles. The molecule has 1 heterocycles. The minimum Gasteiger partial charge on any atom is -0.396 e. The van der Waals surface area contributed by atoms with Crippen molar-refractivity contribution in [1.29, 1.82) is 0 Å². The molecule has 82 valence electrons. The van der Waals surface area contributed by atoms with Crippen molar-refractivity contribution in [3.8, 4) is 0 Å². The number of benzene rings is 1. The van der Waals surface area contributed by atoms with Crippen LogP contribution in [0.3, 0.4) is 0 Å². The summed E-state index contributed by atoms with van der Waals surface area (Å²) in [5, 5.41) is 12.5. The van der Waals surface area contributed by atoms with Crippen LogP contribution in [0.2, 0.25) is 0 Å². The Labute approximate surface area is 91.3 Å². The van der Waals surface area contributed by atoms with Crippen molar-refractivity contribution < 1.29 is 5.11 Å². The summed E-state index contributed by atoms with van der Waals surface area (Å²) in [5.74, 6) is 1.11. The van der Waals surface area contributed by atoms with E-state index in [1.165, 1.54) is 12.0 Å². The monoisotopic (exact) mass is 205 g/mol. The first-order chi connectivity index (χ1) is 7.40. The van der Waals surface area contributed by atoms with Crippen molar-refractivity contribution in [1.82, 2.24) is 5.32 Å². The summed E-state index contributed by atoms with van der Waals surface area (Å²) in [6, 6.07) is 10.6. The average Bonchev–Trinajstić information content (AvgIpc) is 2.75. The second kappa shape index (κ2) is 5.29. The van der Waals surface area contributed by atoms with E-state index < -0.39 is 0 Å². The van der Waals surface area contributed by atoms with Crippen LogP contribution in [0.4, 0.5) is 0 Å². The minimum atomic E-state index is 0.326. The van der Waals surface area contributed by atoms with Crippen molar-refractivity contribution >= 4 is 0 Å². The molecule has 1 aromatic rings. The van der Waals surface area contributed by atoms with Gasteiger partial charge in [-0.15, -0.1) is 0 Å². The van der Waals surface area contributed by atoms with Crippen LogP contribution in [0, 0.1) is 11.8 Å². The lowest BCUT2D eigenvalue weighted by atomic mass is 9.91. The molecule has 2 heteroatoms. The Bertz CT molecular complexity index is 286. The lowest BCUT2D eigenvalue weighted by Crippen LogP contribution is -2.17. The van der Waals surface area contributed by atoms with Crippen LogP contribution in [0.5, 0.6) is 0 Å². The van der Waals surface area contributed by atoms with E-state index in [2.05, 4.69) is 35.6 Å². The SMILES string of the molecule is OC[C@H]1CNC[C@@H]1CCc1ccccc1. The second-order valence-electron chi connectivity index (χ2n) is 4.39. The van der Waals surface area contributed by atoms with Gasteiger partial charge in [-0.3, -0.25) is 0 Å². The molecule has 2 rings (SSSR count). The lowest BCUT2D eigenvalue weighted by Gasteiger charge is -2.15. The Hall–Kier alpha value is -0.860. The first-order valence-electron chi connectivity index (χ1n) is 5.75. The quantitative estimate of drug-likeness (QED) is 0.779. The fraction of sp³-hybridized carbons (Fsp3) is 0.538. The molecule has 0 bridgehead atoms. The molecule has 0 unspecified atom stereocenters. The summed E-state index contributed by atoms with van der Waals surface area (Å²) in [5.41, 5.74) is 1.40. The Kier molecular flexibility index (Phi) is 3.75. The molecule has 1 aliphatic heterocycles. The Morgan fingerprint density at radius 1 is 1.13 bits per heavy atom.